The Morgan fingerprint density at radius 1 is 1.19 bits per heavy atom. The molecule has 0 amide bonds. The SMILES string of the molecule is CCn1nc(C)cc1S(=O)(=O)N1CCC2(CC1)CC(N1CCOCC1)C2. The number of piperidine rings is 1. The number of hydrogen-bond donors (Lipinski definition) is 0. The van der Waals surface area contributed by atoms with Crippen molar-refractivity contribution in [2.24, 2.45) is 5.41 Å². The molecule has 0 aromatic carbocycles. The first-order chi connectivity index (χ1) is 12.4. The summed E-state index contributed by atoms with van der Waals surface area (Å²) in [6.45, 7) is 9.39. The molecule has 1 spiro atoms. The molecule has 7 nitrogen and oxygen atoms in total. The van der Waals surface area contributed by atoms with Crippen LogP contribution in [0.1, 0.15) is 38.3 Å². The maximum atomic E-state index is 13.1. The van der Waals surface area contributed by atoms with E-state index in [4.69, 9.17) is 4.74 Å². The number of morpholine rings is 1. The van der Waals surface area contributed by atoms with Gasteiger partial charge >= 0.3 is 0 Å². The largest absolute Gasteiger partial charge is 0.379 e. The molecule has 26 heavy (non-hydrogen) atoms. The van der Waals surface area contributed by atoms with Gasteiger partial charge in [-0.05, 0) is 51.0 Å². The number of ether oxygens (including phenoxy) is 1. The molecule has 8 heteroatoms. The van der Waals surface area contributed by atoms with Crippen LogP contribution < -0.4 is 0 Å². The minimum atomic E-state index is -3.45. The van der Waals surface area contributed by atoms with E-state index in [1.807, 2.05) is 13.8 Å². The lowest BCUT2D eigenvalue weighted by atomic mass is 9.60. The number of hydrogen-bond acceptors (Lipinski definition) is 5. The zero-order valence-corrected chi connectivity index (χ0v) is 16.7. The first kappa shape index (κ1) is 18.4. The molecule has 3 heterocycles. The first-order valence-corrected chi connectivity index (χ1v) is 11.2. The standard InChI is InChI=1S/C18H30N4O3S/c1-3-22-17(12-15(2)19-22)26(23,24)21-6-4-18(5-7-21)13-16(14-18)20-8-10-25-11-9-20/h12,16H,3-11,13-14H2,1-2H3. The summed E-state index contributed by atoms with van der Waals surface area (Å²) >= 11 is 0. The van der Waals surface area contributed by atoms with Crippen LogP contribution in [0.25, 0.3) is 0 Å². The fourth-order valence-electron chi connectivity index (χ4n) is 4.84. The second kappa shape index (κ2) is 6.89. The third kappa shape index (κ3) is 3.21. The second-order valence-electron chi connectivity index (χ2n) is 8.05. The zero-order valence-electron chi connectivity index (χ0n) is 15.9. The van der Waals surface area contributed by atoms with Crippen molar-refractivity contribution in [1.82, 2.24) is 19.0 Å². The molecule has 0 unspecified atom stereocenters. The molecule has 3 fully saturated rings. The normalized spacial score (nSPS) is 25.5. The quantitative estimate of drug-likeness (QED) is 0.789. The van der Waals surface area contributed by atoms with Gasteiger partial charge in [-0.25, -0.2) is 8.42 Å². The van der Waals surface area contributed by atoms with Crippen LogP contribution in [0.5, 0.6) is 0 Å². The fraction of sp³-hybridized carbons (Fsp3) is 0.833. The van der Waals surface area contributed by atoms with E-state index in [0.717, 1.165) is 44.8 Å². The molecule has 146 valence electrons. The number of aryl methyl sites for hydroxylation is 2. The van der Waals surface area contributed by atoms with Gasteiger partial charge in [-0.15, -0.1) is 0 Å². The zero-order chi connectivity index (χ0) is 18.4. The lowest BCUT2D eigenvalue weighted by Gasteiger charge is -2.55. The fourth-order valence-corrected chi connectivity index (χ4v) is 6.52. The van der Waals surface area contributed by atoms with Crippen LogP contribution in [0.15, 0.2) is 11.1 Å². The Labute approximate surface area is 156 Å². The highest BCUT2D eigenvalue weighted by molar-refractivity contribution is 7.89. The van der Waals surface area contributed by atoms with Crippen molar-refractivity contribution in [1.29, 1.82) is 0 Å². The molecule has 0 radical (unpaired) electrons. The molecule has 0 bridgehead atoms. The van der Waals surface area contributed by atoms with Gasteiger partial charge in [0.1, 0.15) is 0 Å². The summed E-state index contributed by atoms with van der Waals surface area (Å²) in [7, 11) is -3.45. The van der Waals surface area contributed by atoms with Gasteiger partial charge in [0.15, 0.2) is 5.03 Å². The summed E-state index contributed by atoms with van der Waals surface area (Å²) in [5, 5.41) is 4.64. The minimum Gasteiger partial charge on any atom is -0.379 e. The van der Waals surface area contributed by atoms with Crippen LogP contribution >= 0.6 is 0 Å². The highest BCUT2D eigenvalue weighted by atomic mass is 32.2. The highest BCUT2D eigenvalue weighted by Gasteiger charge is 2.49. The van der Waals surface area contributed by atoms with Crippen molar-refractivity contribution < 1.29 is 13.2 Å². The molecule has 2 aliphatic heterocycles. The van der Waals surface area contributed by atoms with Crippen molar-refractivity contribution in [3.8, 4) is 0 Å². The van der Waals surface area contributed by atoms with Gasteiger partial charge < -0.3 is 4.74 Å². The maximum absolute atomic E-state index is 13.1. The Morgan fingerprint density at radius 3 is 2.46 bits per heavy atom. The predicted molar refractivity (Wildman–Crippen MR) is 98.5 cm³/mol. The lowest BCUT2D eigenvalue weighted by molar-refractivity contribution is -0.0670. The molecular weight excluding hydrogens is 352 g/mol. The second-order valence-corrected chi connectivity index (χ2v) is 9.94. The summed E-state index contributed by atoms with van der Waals surface area (Å²) in [6, 6.07) is 2.37. The minimum absolute atomic E-state index is 0.341. The Kier molecular flexibility index (Phi) is 4.88. The van der Waals surface area contributed by atoms with E-state index in [1.165, 1.54) is 12.8 Å². The van der Waals surface area contributed by atoms with E-state index < -0.39 is 10.0 Å². The van der Waals surface area contributed by atoms with Crippen LogP contribution in [-0.2, 0) is 21.3 Å². The van der Waals surface area contributed by atoms with E-state index in [0.29, 0.717) is 36.1 Å². The number of rotatable bonds is 4. The number of aromatic nitrogens is 2. The van der Waals surface area contributed by atoms with Gasteiger partial charge in [0.05, 0.1) is 18.9 Å². The Balaban J connectivity index is 1.38. The van der Waals surface area contributed by atoms with Crippen LogP contribution in [0, 0.1) is 12.3 Å². The van der Waals surface area contributed by atoms with Crippen LogP contribution in [0.2, 0.25) is 0 Å². The van der Waals surface area contributed by atoms with Gasteiger partial charge in [0.25, 0.3) is 10.0 Å². The molecule has 1 aromatic heterocycles. The van der Waals surface area contributed by atoms with Crippen molar-refractivity contribution in [2.75, 3.05) is 39.4 Å². The Bertz CT molecular complexity index is 738. The molecule has 0 atom stereocenters. The summed E-state index contributed by atoms with van der Waals surface area (Å²) in [6.07, 6.45) is 4.39. The predicted octanol–water partition coefficient (Wildman–Crippen LogP) is 1.48. The highest BCUT2D eigenvalue weighted by Crippen LogP contribution is 2.51. The molecule has 1 saturated carbocycles. The molecule has 4 rings (SSSR count). The monoisotopic (exact) mass is 382 g/mol. The average molecular weight is 383 g/mol. The van der Waals surface area contributed by atoms with Crippen LogP contribution in [0.4, 0.5) is 0 Å². The van der Waals surface area contributed by atoms with Crippen molar-refractivity contribution in [2.45, 2.75) is 57.1 Å². The molecule has 1 aromatic rings. The number of sulfonamides is 1. The smallest absolute Gasteiger partial charge is 0.260 e. The van der Waals surface area contributed by atoms with Gasteiger partial charge in [-0.1, -0.05) is 0 Å². The summed E-state index contributed by atoms with van der Waals surface area (Å²) in [5.74, 6) is 0. The Morgan fingerprint density at radius 2 is 1.85 bits per heavy atom. The first-order valence-electron chi connectivity index (χ1n) is 9.80. The van der Waals surface area contributed by atoms with Gasteiger partial charge in [0, 0.05) is 38.8 Å². The van der Waals surface area contributed by atoms with E-state index in [-0.39, 0.29) is 0 Å². The summed E-state index contributed by atoms with van der Waals surface area (Å²) < 4.78 is 34.8. The number of nitrogens with zero attached hydrogens (tertiary/aromatic N) is 4. The third-order valence-electron chi connectivity index (χ3n) is 6.45. The Hall–Kier alpha value is -0.960. The van der Waals surface area contributed by atoms with Gasteiger partial charge in [-0.2, -0.15) is 9.40 Å². The van der Waals surface area contributed by atoms with Crippen LogP contribution in [0.3, 0.4) is 0 Å². The van der Waals surface area contributed by atoms with E-state index in [1.54, 1.807) is 15.1 Å². The molecule has 0 N–H and O–H groups in total. The van der Waals surface area contributed by atoms with Crippen molar-refractivity contribution in [3.63, 3.8) is 0 Å². The van der Waals surface area contributed by atoms with Crippen LogP contribution in [-0.4, -0.2) is 72.8 Å². The van der Waals surface area contributed by atoms with E-state index in [9.17, 15) is 8.42 Å². The third-order valence-corrected chi connectivity index (χ3v) is 8.35. The molecule has 1 aliphatic carbocycles. The molecular formula is C18H30N4O3S. The summed E-state index contributed by atoms with van der Waals surface area (Å²) in [4.78, 5) is 2.56. The van der Waals surface area contributed by atoms with Crippen molar-refractivity contribution >= 4 is 10.0 Å². The van der Waals surface area contributed by atoms with E-state index in [2.05, 4.69) is 10.00 Å². The molecule has 3 aliphatic rings. The van der Waals surface area contributed by atoms with Crippen molar-refractivity contribution in [3.05, 3.63) is 11.8 Å². The topological polar surface area (TPSA) is 67.7 Å². The average Bonchev–Trinajstić information content (AvgIpc) is 3.02. The van der Waals surface area contributed by atoms with Gasteiger partial charge in [0.2, 0.25) is 0 Å². The van der Waals surface area contributed by atoms with E-state index >= 15 is 0 Å². The summed E-state index contributed by atoms with van der Waals surface area (Å²) in [5.41, 5.74) is 1.11. The van der Waals surface area contributed by atoms with Gasteiger partial charge in [-0.3, -0.25) is 9.58 Å². The molecule has 2 saturated heterocycles. The lowest BCUT2D eigenvalue weighted by Crippen LogP contribution is -2.57. The maximum Gasteiger partial charge on any atom is 0.260 e.